The molecule has 3 nitrogen and oxygen atoms in total. The average Bonchev–Trinajstić information content (AvgIpc) is 3.04. The van der Waals surface area contributed by atoms with Crippen LogP contribution in [0.1, 0.15) is 22.9 Å². The van der Waals surface area contributed by atoms with Crippen molar-refractivity contribution < 1.29 is 0 Å². The predicted octanol–water partition coefficient (Wildman–Crippen LogP) is 3.11. The van der Waals surface area contributed by atoms with Crippen LogP contribution in [-0.4, -0.2) is 16.3 Å². The summed E-state index contributed by atoms with van der Waals surface area (Å²) in [7, 11) is 0. The lowest BCUT2D eigenvalue weighted by atomic mass is 9.92. The van der Waals surface area contributed by atoms with Crippen molar-refractivity contribution >= 4 is 0 Å². The van der Waals surface area contributed by atoms with Crippen LogP contribution >= 0.6 is 0 Å². The molecule has 1 unspecified atom stereocenters. The summed E-state index contributed by atoms with van der Waals surface area (Å²) in [4.78, 5) is 0. The van der Waals surface area contributed by atoms with E-state index in [-0.39, 0.29) is 6.04 Å². The molecule has 1 aliphatic rings. The molecule has 1 N–H and O–H groups in total. The average molecular weight is 275 g/mol. The first-order valence-corrected chi connectivity index (χ1v) is 7.34. The van der Waals surface area contributed by atoms with Crippen LogP contribution in [0.5, 0.6) is 0 Å². The number of rotatable bonds is 2. The summed E-state index contributed by atoms with van der Waals surface area (Å²) in [5.74, 6) is 0. The number of nitrogens with one attached hydrogen (secondary N) is 1. The second-order valence-electron chi connectivity index (χ2n) is 5.34. The molecule has 0 spiro atoms. The van der Waals surface area contributed by atoms with E-state index in [1.165, 1.54) is 16.8 Å². The van der Waals surface area contributed by atoms with Crippen LogP contribution in [0.2, 0.25) is 0 Å². The smallest absolute Gasteiger partial charge is 0.0755 e. The summed E-state index contributed by atoms with van der Waals surface area (Å²) < 4.78 is 2.03. The third kappa shape index (κ3) is 2.16. The topological polar surface area (TPSA) is 29.9 Å². The lowest BCUT2D eigenvalue weighted by molar-refractivity contribution is 0.543. The zero-order chi connectivity index (χ0) is 14.1. The summed E-state index contributed by atoms with van der Waals surface area (Å²) in [5.41, 5.74) is 5.08. The Bertz CT molecular complexity index is 746. The van der Waals surface area contributed by atoms with Crippen molar-refractivity contribution in [2.45, 2.75) is 12.5 Å². The molecule has 1 aliphatic heterocycles. The Morgan fingerprint density at radius 2 is 1.76 bits per heavy atom. The molecule has 2 heterocycles. The first kappa shape index (κ1) is 12.4. The fraction of sp³-hybridized carbons (Fsp3) is 0.167. The minimum atomic E-state index is 0.206. The highest BCUT2D eigenvalue weighted by molar-refractivity contribution is 5.40. The number of aromatic nitrogens is 2. The van der Waals surface area contributed by atoms with E-state index in [0.717, 1.165) is 18.7 Å². The summed E-state index contributed by atoms with van der Waals surface area (Å²) in [5, 5.41) is 8.14. The Balaban J connectivity index is 1.81. The van der Waals surface area contributed by atoms with Gasteiger partial charge in [0.15, 0.2) is 0 Å². The van der Waals surface area contributed by atoms with Crippen LogP contribution < -0.4 is 5.32 Å². The number of benzene rings is 2. The quantitative estimate of drug-likeness (QED) is 0.779. The minimum absolute atomic E-state index is 0.206. The molecule has 104 valence electrons. The van der Waals surface area contributed by atoms with Crippen molar-refractivity contribution in [1.29, 1.82) is 0 Å². The van der Waals surface area contributed by atoms with Gasteiger partial charge in [0.25, 0.3) is 0 Å². The van der Waals surface area contributed by atoms with Gasteiger partial charge >= 0.3 is 0 Å². The zero-order valence-electron chi connectivity index (χ0n) is 11.7. The molecular formula is C18H17N3. The zero-order valence-corrected chi connectivity index (χ0v) is 11.7. The number of fused-ring (bicyclic) bond motifs is 1. The van der Waals surface area contributed by atoms with Crippen molar-refractivity contribution in [2.75, 3.05) is 6.54 Å². The molecule has 0 radical (unpaired) electrons. The van der Waals surface area contributed by atoms with Gasteiger partial charge in [0, 0.05) is 12.7 Å². The number of para-hydroxylation sites is 1. The van der Waals surface area contributed by atoms with Crippen LogP contribution in [0.4, 0.5) is 0 Å². The fourth-order valence-corrected chi connectivity index (χ4v) is 3.09. The molecule has 1 aromatic heterocycles. The highest BCUT2D eigenvalue weighted by Crippen LogP contribution is 2.29. The summed E-state index contributed by atoms with van der Waals surface area (Å²) in [6.45, 7) is 1.00. The summed E-state index contributed by atoms with van der Waals surface area (Å²) >= 11 is 0. The molecule has 0 saturated heterocycles. The molecule has 3 heteroatoms. The second kappa shape index (κ2) is 5.19. The van der Waals surface area contributed by atoms with Gasteiger partial charge in [0.1, 0.15) is 0 Å². The molecule has 0 aliphatic carbocycles. The highest BCUT2D eigenvalue weighted by Gasteiger charge is 2.24. The maximum atomic E-state index is 4.51. The van der Waals surface area contributed by atoms with E-state index in [2.05, 4.69) is 52.9 Å². The van der Waals surface area contributed by atoms with Gasteiger partial charge in [0.2, 0.25) is 0 Å². The van der Waals surface area contributed by atoms with Crippen LogP contribution in [0.3, 0.4) is 0 Å². The van der Waals surface area contributed by atoms with Crippen LogP contribution in [0.25, 0.3) is 5.69 Å². The lowest BCUT2D eigenvalue weighted by Gasteiger charge is -2.27. The van der Waals surface area contributed by atoms with Crippen molar-refractivity contribution in [3.8, 4) is 5.69 Å². The lowest BCUT2D eigenvalue weighted by Crippen LogP contribution is -2.31. The molecule has 0 bridgehead atoms. The Morgan fingerprint density at radius 3 is 2.67 bits per heavy atom. The molecule has 21 heavy (non-hydrogen) atoms. The van der Waals surface area contributed by atoms with Crippen molar-refractivity contribution in [2.24, 2.45) is 0 Å². The van der Waals surface area contributed by atoms with Crippen LogP contribution in [0, 0.1) is 0 Å². The second-order valence-corrected chi connectivity index (χ2v) is 5.34. The van der Waals surface area contributed by atoms with Gasteiger partial charge in [-0.25, -0.2) is 4.68 Å². The van der Waals surface area contributed by atoms with E-state index in [0.29, 0.717) is 0 Å². The van der Waals surface area contributed by atoms with Gasteiger partial charge in [-0.2, -0.15) is 5.10 Å². The number of nitrogens with zero attached hydrogens (tertiary/aromatic N) is 2. The van der Waals surface area contributed by atoms with Crippen LogP contribution in [-0.2, 0) is 6.42 Å². The normalized spacial score (nSPS) is 17.4. The van der Waals surface area contributed by atoms with Gasteiger partial charge in [-0.1, -0.05) is 42.5 Å². The fourth-order valence-electron chi connectivity index (χ4n) is 3.09. The first-order chi connectivity index (χ1) is 10.4. The molecule has 0 amide bonds. The van der Waals surface area contributed by atoms with Crippen molar-refractivity contribution in [1.82, 2.24) is 15.1 Å². The Hall–Kier alpha value is -2.39. The van der Waals surface area contributed by atoms with Gasteiger partial charge in [-0.3, -0.25) is 0 Å². The minimum Gasteiger partial charge on any atom is -0.305 e. The maximum Gasteiger partial charge on any atom is 0.0755 e. The first-order valence-electron chi connectivity index (χ1n) is 7.34. The van der Waals surface area contributed by atoms with Crippen molar-refractivity contribution in [3.05, 3.63) is 83.7 Å². The highest BCUT2D eigenvalue weighted by atomic mass is 15.3. The third-order valence-electron chi connectivity index (χ3n) is 4.08. The maximum absolute atomic E-state index is 4.51. The van der Waals surface area contributed by atoms with E-state index in [1.807, 2.05) is 29.1 Å². The molecular weight excluding hydrogens is 258 g/mol. The molecule has 2 aromatic carbocycles. The van der Waals surface area contributed by atoms with Gasteiger partial charge in [0.05, 0.1) is 17.4 Å². The largest absolute Gasteiger partial charge is 0.305 e. The summed E-state index contributed by atoms with van der Waals surface area (Å²) in [6, 6.07) is 21.3. The standard InChI is InChI=1S/C18H17N3/c1-2-7-15(8-3-1)21-17(11-13-20-21)18-16-9-5-4-6-14(16)10-12-19-18/h1-9,11,13,18-19H,10,12H2. The van der Waals surface area contributed by atoms with E-state index >= 15 is 0 Å². The van der Waals surface area contributed by atoms with E-state index < -0.39 is 0 Å². The molecule has 1 atom stereocenters. The van der Waals surface area contributed by atoms with E-state index in [9.17, 15) is 0 Å². The Kier molecular flexibility index (Phi) is 3.05. The SMILES string of the molecule is c1ccc(-n2nccc2C2NCCc3ccccc32)cc1. The van der Waals surface area contributed by atoms with E-state index in [1.54, 1.807) is 0 Å². The molecule has 0 fully saturated rings. The monoisotopic (exact) mass is 275 g/mol. The molecule has 4 rings (SSSR count). The molecule has 0 saturated carbocycles. The van der Waals surface area contributed by atoms with Crippen LogP contribution in [0.15, 0.2) is 66.9 Å². The van der Waals surface area contributed by atoms with Gasteiger partial charge in [-0.15, -0.1) is 0 Å². The Morgan fingerprint density at radius 1 is 0.952 bits per heavy atom. The van der Waals surface area contributed by atoms with E-state index in [4.69, 9.17) is 0 Å². The van der Waals surface area contributed by atoms with Crippen molar-refractivity contribution in [3.63, 3.8) is 0 Å². The Labute approximate surface area is 124 Å². The number of hydrogen-bond donors (Lipinski definition) is 1. The number of hydrogen-bond acceptors (Lipinski definition) is 2. The van der Waals surface area contributed by atoms with Gasteiger partial charge < -0.3 is 5.32 Å². The third-order valence-corrected chi connectivity index (χ3v) is 4.08. The molecule has 3 aromatic rings. The summed E-state index contributed by atoms with van der Waals surface area (Å²) in [6.07, 6.45) is 2.97. The predicted molar refractivity (Wildman–Crippen MR) is 83.6 cm³/mol. The van der Waals surface area contributed by atoms with Gasteiger partial charge in [-0.05, 0) is 35.7 Å².